The van der Waals surface area contributed by atoms with Crippen molar-refractivity contribution in [3.8, 4) is 23.0 Å². The predicted molar refractivity (Wildman–Crippen MR) is 98.4 cm³/mol. The van der Waals surface area contributed by atoms with Crippen molar-refractivity contribution in [1.29, 1.82) is 0 Å². The van der Waals surface area contributed by atoms with Crippen molar-refractivity contribution in [1.82, 2.24) is 0 Å². The SMILES string of the molecule is C=CCC1(c2c(OC)cc(OC)cc2OC)Cc2ccccc2OC1=O. The van der Waals surface area contributed by atoms with E-state index in [9.17, 15) is 4.79 Å². The van der Waals surface area contributed by atoms with Crippen LogP contribution in [0.4, 0.5) is 0 Å². The topological polar surface area (TPSA) is 54.0 Å². The number of esters is 1. The quantitative estimate of drug-likeness (QED) is 0.450. The van der Waals surface area contributed by atoms with Crippen LogP contribution in [-0.4, -0.2) is 27.3 Å². The third-order valence-corrected chi connectivity index (χ3v) is 4.74. The zero-order valence-corrected chi connectivity index (χ0v) is 15.2. The standard InChI is InChI=1S/C21H22O5/c1-5-10-21(13-14-8-6-7-9-16(14)26-20(21)22)19-17(24-3)11-15(23-2)12-18(19)25-4/h5-9,11-12H,1,10,13H2,2-4H3. The van der Waals surface area contributed by atoms with Crippen molar-refractivity contribution in [2.75, 3.05) is 21.3 Å². The Balaban J connectivity index is 2.26. The number of carbonyl (C=O) groups is 1. The Kier molecular flexibility index (Phi) is 4.89. The van der Waals surface area contributed by atoms with Crippen molar-refractivity contribution in [2.24, 2.45) is 0 Å². The van der Waals surface area contributed by atoms with Crippen LogP contribution in [0.25, 0.3) is 0 Å². The van der Waals surface area contributed by atoms with Gasteiger partial charge in [0.25, 0.3) is 0 Å². The second kappa shape index (κ2) is 7.12. The summed E-state index contributed by atoms with van der Waals surface area (Å²) in [7, 11) is 4.68. The lowest BCUT2D eigenvalue weighted by atomic mass is 9.71. The minimum absolute atomic E-state index is 0.349. The summed E-state index contributed by atoms with van der Waals surface area (Å²) in [6, 6.07) is 11.0. The molecule has 5 nitrogen and oxygen atoms in total. The number of ether oxygens (including phenoxy) is 4. The van der Waals surface area contributed by atoms with Gasteiger partial charge in [0.1, 0.15) is 28.4 Å². The largest absolute Gasteiger partial charge is 0.496 e. The number of hydrogen-bond donors (Lipinski definition) is 0. The molecule has 0 fully saturated rings. The van der Waals surface area contributed by atoms with Crippen LogP contribution in [0.3, 0.4) is 0 Å². The highest BCUT2D eigenvalue weighted by Crippen LogP contribution is 2.49. The highest BCUT2D eigenvalue weighted by atomic mass is 16.5. The zero-order chi connectivity index (χ0) is 18.7. The van der Waals surface area contributed by atoms with Crippen LogP contribution in [0.5, 0.6) is 23.0 Å². The number of hydrogen-bond acceptors (Lipinski definition) is 5. The van der Waals surface area contributed by atoms with Gasteiger partial charge in [-0.3, -0.25) is 4.79 Å². The van der Waals surface area contributed by atoms with E-state index in [0.717, 1.165) is 5.56 Å². The van der Waals surface area contributed by atoms with Crippen LogP contribution >= 0.6 is 0 Å². The summed E-state index contributed by atoms with van der Waals surface area (Å²) in [5.74, 6) is 1.85. The Bertz CT molecular complexity index is 817. The second-order valence-corrected chi connectivity index (χ2v) is 6.16. The smallest absolute Gasteiger partial charge is 0.322 e. The van der Waals surface area contributed by atoms with Crippen molar-refractivity contribution in [3.63, 3.8) is 0 Å². The number of para-hydroxylation sites is 1. The van der Waals surface area contributed by atoms with E-state index in [1.165, 1.54) is 0 Å². The maximum Gasteiger partial charge on any atom is 0.322 e. The van der Waals surface area contributed by atoms with Crippen LogP contribution < -0.4 is 18.9 Å². The van der Waals surface area contributed by atoms with Gasteiger partial charge >= 0.3 is 5.97 Å². The third kappa shape index (κ3) is 2.79. The molecule has 5 heteroatoms. The van der Waals surface area contributed by atoms with Gasteiger partial charge in [-0.25, -0.2) is 0 Å². The summed E-state index contributed by atoms with van der Waals surface area (Å²) in [5, 5.41) is 0. The molecule has 0 aromatic heterocycles. The first-order valence-electron chi connectivity index (χ1n) is 8.31. The van der Waals surface area contributed by atoms with Gasteiger partial charge in [0.2, 0.25) is 0 Å². The van der Waals surface area contributed by atoms with Crippen LogP contribution in [0.1, 0.15) is 17.5 Å². The molecule has 1 heterocycles. The number of benzene rings is 2. The fourth-order valence-electron chi connectivity index (χ4n) is 3.52. The van der Waals surface area contributed by atoms with E-state index >= 15 is 0 Å². The maximum absolute atomic E-state index is 13.1. The van der Waals surface area contributed by atoms with Crippen LogP contribution in [-0.2, 0) is 16.6 Å². The van der Waals surface area contributed by atoms with Gasteiger partial charge in [0, 0.05) is 12.1 Å². The van der Waals surface area contributed by atoms with Gasteiger partial charge < -0.3 is 18.9 Å². The van der Waals surface area contributed by atoms with Crippen LogP contribution in [0, 0.1) is 0 Å². The molecule has 0 N–H and O–H groups in total. The molecule has 0 aliphatic carbocycles. The minimum atomic E-state index is -0.987. The summed E-state index contributed by atoms with van der Waals surface area (Å²) in [6.45, 7) is 3.85. The molecule has 0 spiro atoms. The molecule has 1 aliphatic heterocycles. The molecule has 0 bridgehead atoms. The molecular formula is C21H22O5. The van der Waals surface area contributed by atoms with E-state index in [2.05, 4.69) is 6.58 Å². The lowest BCUT2D eigenvalue weighted by Crippen LogP contribution is -2.44. The molecule has 0 amide bonds. The Morgan fingerprint density at radius 3 is 2.35 bits per heavy atom. The van der Waals surface area contributed by atoms with E-state index < -0.39 is 5.41 Å². The zero-order valence-electron chi connectivity index (χ0n) is 15.2. The van der Waals surface area contributed by atoms with Gasteiger partial charge in [-0.05, 0) is 24.5 Å². The van der Waals surface area contributed by atoms with Crippen molar-refractivity contribution in [2.45, 2.75) is 18.3 Å². The van der Waals surface area contributed by atoms with E-state index in [1.807, 2.05) is 18.2 Å². The summed E-state index contributed by atoms with van der Waals surface area (Å²) >= 11 is 0. The van der Waals surface area contributed by atoms with Gasteiger partial charge in [-0.1, -0.05) is 24.3 Å². The molecule has 3 rings (SSSR count). The van der Waals surface area contributed by atoms with Crippen molar-refractivity contribution < 1.29 is 23.7 Å². The number of rotatable bonds is 6. The van der Waals surface area contributed by atoms with E-state index in [4.69, 9.17) is 18.9 Å². The maximum atomic E-state index is 13.1. The third-order valence-electron chi connectivity index (χ3n) is 4.74. The molecule has 1 aliphatic rings. The summed E-state index contributed by atoms with van der Waals surface area (Å²) in [4.78, 5) is 13.1. The average Bonchev–Trinajstić information content (AvgIpc) is 2.67. The summed E-state index contributed by atoms with van der Waals surface area (Å²) < 4.78 is 22.2. The van der Waals surface area contributed by atoms with E-state index in [-0.39, 0.29) is 5.97 Å². The molecule has 2 aromatic carbocycles. The monoisotopic (exact) mass is 354 g/mol. The highest BCUT2D eigenvalue weighted by molar-refractivity contribution is 5.90. The Morgan fingerprint density at radius 2 is 1.77 bits per heavy atom. The molecule has 136 valence electrons. The summed E-state index contributed by atoms with van der Waals surface area (Å²) in [6.07, 6.45) is 2.57. The fraction of sp³-hybridized carbons (Fsp3) is 0.286. The number of methoxy groups -OCH3 is 3. The van der Waals surface area contributed by atoms with Gasteiger partial charge in [-0.15, -0.1) is 6.58 Å². The predicted octanol–water partition coefficient (Wildman–Crippen LogP) is 3.69. The van der Waals surface area contributed by atoms with E-state index in [1.54, 1.807) is 45.6 Å². The Morgan fingerprint density at radius 1 is 1.12 bits per heavy atom. The molecule has 1 unspecified atom stereocenters. The van der Waals surface area contributed by atoms with Crippen LogP contribution in [0.2, 0.25) is 0 Å². The minimum Gasteiger partial charge on any atom is -0.496 e. The van der Waals surface area contributed by atoms with Crippen LogP contribution in [0.15, 0.2) is 49.1 Å². The molecule has 0 saturated heterocycles. The number of fused-ring (bicyclic) bond motifs is 1. The number of allylic oxidation sites excluding steroid dienone is 1. The molecule has 0 radical (unpaired) electrons. The fourth-order valence-corrected chi connectivity index (χ4v) is 3.52. The molecule has 26 heavy (non-hydrogen) atoms. The first-order chi connectivity index (χ1) is 12.6. The Hall–Kier alpha value is -2.95. The van der Waals surface area contributed by atoms with Gasteiger partial charge in [0.05, 0.1) is 26.9 Å². The highest BCUT2D eigenvalue weighted by Gasteiger charge is 2.48. The first-order valence-corrected chi connectivity index (χ1v) is 8.31. The van der Waals surface area contributed by atoms with Crippen molar-refractivity contribution in [3.05, 3.63) is 60.2 Å². The van der Waals surface area contributed by atoms with E-state index in [0.29, 0.717) is 41.4 Å². The lowest BCUT2D eigenvalue weighted by molar-refractivity contribution is -0.142. The van der Waals surface area contributed by atoms with Gasteiger partial charge in [-0.2, -0.15) is 0 Å². The summed E-state index contributed by atoms with van der Waals surface area (Å²) in [5.41, 5.74) is 0.607. The van der Waals surface area contributed by atoms with Gasteiger partial charge in [0.15, 0.2) is 0 Å². The average molecular weight is 354 g/mol. The molecule has 0 saturated carbocycles. The first kappa shape index (κ1) is 17.9. The molecule has 1 atom stereocenters. The molecule has 2 aromatic rings. The molecular weight excluding hydrogens is 332 g/mol. The number of carbonyl (C=O) groups excluding carboxylic acids is 1. The normalized spacial score (nSPS) is 18.5. The Labute approximate surface area is 153 Å². The second-order valence-electron chi connectivity index (χ2n) is 6.16. The lowest BCUT2D eigenvalue weighted by Gasteiger charge is -2.37. The van der Waals surface area contributed by atoms with Crippen molar-refractivity contribution >= 4 is 5.97 Å².